The van der Waals surface area contributed by atoms with Crippen LogP contribution in [0.4, 0.5) is 4.79 Å². The summed E-state index contributed by atoms with van der Waals surface area (Å²) in [6.07, 6.45) is 1.17. The topological polar surface area (TPSA) is 61.8 Å². The Morgan fingerprint density at radius 1 is 1.31 bits per heavy atom. The Labute approximate surface area is 105 Å². The van der Waals surface area contributed by atoms with E-state index >= 15 is 0 Å². The van der Waals surface area contributed by atoms with E-state index in [0.717, 1.165) is 5.01 Å². The molecule has 0 aromatic carbocycles. The third kappa shape index (κ3) is 7.70. The van der Waals surface area contributed by atoms with Gasteiger partial charge < -0.3 is 5.32 Å². The first kappa shape index (κ1) is 15.4. The molecule has 0 heterocycles. The van der Waals surface area contributed by atoms with E-state index in [-0.39, 0.29) is 17.3 Å². The van der Waals surface area contributed by atoms with Crippen LogP contribution in [0.3, 0.4) is 0 Å². The van der Waals surface area contributed by atoms with Crippen molar-refractivity contribution >= 4 is 29.2 Å². The summed E-state index contributed by atoms with van der Waals surface area (Å²) in [5.41, 5.74) is 0. The lowest BCUT2D eigenvalue weighted by Crippen LogP contribution is -2.38. The second-order valence-electron chi connectivity index (χ2n) is 3.58. The van der Waals surface area contributed by atoms with Crippen molar-refractivity contribution in [2.24, 2.45) is 5.29 Å². The number of halogens is 2. The molecule has 16 heavy (non-hydrogen) atoms. The van der Waals surface area contributed by atoms with Crippen molar-refractivity contribution < 1.29 is 4.79 Å². The molecule has 0 saturated carbocycles. The van der Waals surface area contributed by atoms with Crippen LogP contribution in [-0.4, -0.2) is 34.9 Å². The summed E-state index contributed by atoms with van der Waals surface area (Å²) in [6.45, 7) is 4.26. The third-order valence-corrected chi connectivity index (χ3v) is 2.33. The van der Waals surface area contributed by atoms with Gasteiger partial charge in [0.1, 0.15) is 0 Å². The molecule has 7 heteroatoms. The van der Waals surface area contributed by atoms with Gasteiger partial charge >= 0.3 is 6.03 Å². The molecule has 1 N–H and O–H groups in total. The number of amides is 2. The van der Waals surface area contributed by atoms with Gasteiger partial charge in [0.25, 0.3) is 0 Å². The summed E-state index contributed by atoms with van der Waals surface area (Å²) in [5, 5.41) is 5.91. The Kier molecular flexibility index (Phi) is 8.29. The number of hydrogen-bond donors (Lipinski definition) is 1. The van der Waals surface area contributed by atoms with E-state index in [1.54, 1.807) is 6.92 Å². The van der Waals surface area contributed by atoms with E-state index < -0.39 is 6.03 Å². The lowest BCUT2D eigenvalue weighted by molar-refractivity contribution is 0.198. The Morgan fingerprint density at radius 2 is 1.88 bits per heavy atom. The first-order valence-electron chi connectivity index (χ1n) is 5.14. The minimum Gasteiger partial charge on any atom is -0.336 e. The van der Waals surface area contributed by atoms with Gasteiger partial charge in [0.2, 0.25) is 0 Å². The highest BCUT2D eigenvalue weighted by atomic mass is 35.5. The fraction of sp³-hybridized carbons (Fsp3) is 0.889. The van der Waals surface area contributed by atoms with Crippen LogP contribution in [0.2, 0.25) is 0 Å². The van der Waals surface area contributed by atoms with Crippen molar-refractivity contribution in [3.05, 3.63) is 4.91 Å². The quantitative estimate of drug-likeness (QED) is 0.439. The second kappa shape index (κ2) is 8.58. The van der Waals surface area contributed by atoms with Crippen LogP contribution in [0.1, 0.15) is 26.7 Å². The van der Waals surface area contributed by atoms with E-state index in [4.69, 9.17) is 23.2 Å². The maximum absolute atomic E-state index is 11.4. The van der Waals surface area contributed by atoms with Crippen molar-refractivity contribution in [2.75, 3.05) is 13.1 Å². The summed E-state index contributed by atoms with van der Waals surface area (Å²) < 4.78 is 0. The van der Waals surface area contributed by atoms with E-state index in [2.05, 4.69) is 10.6 Å². The molecule has 2 atom stereocenters. The molecule has 0 rings (SSSR count). The van der Waals surface area contributed by atoms with Gasteiger partial charge in [-0.15, -0.1) is 28.1 Å². The van der Waals surface area contributed by atoms with Crippen LogP contribution in [-0.2, 0) is 0 Å². The van der Waals surface area contributed by atoms with E-state index in [9.17, 15) is 9.70 Å². The SMILES string of the molecule is CC(Cl)CCNC(=O)N(CCC(C)Cl)N=O. The molecule has 0 aliphatic heterocycles. The predicted octanol–water partition coefficient (Wildman–Crippen LogP) is 2.71. The Morgan fingerprint density at radius 3 is 2.31 bits per heavy atom. The standard InChI is InChI=1S/C9H17Cl2N3O2/c1-7(10)3-5-12-9(15)14(13-16)6-4-8(2)11/h7-8H,3-6H2,1-2H3,(H,12,15). The Balaban J connectivity index is 3.87. The lowest BCUT2D eigenvalue weighted by atomic mass is 10.3. The number of nitrogens with one attached hydrogen (secondary N) is 1. The zero-order valence-electron chi connectivity index (χ0n) is 9.45. The Hall–Kier alpha value is -0.550. The van der Waals surface area contributed by atoms with Gasteiger partial charge in [-0.25, -0.2) is 4.79 Å². The van der Waals surface area contributed by atoms with E-state index in [1.165, 1.54) is 0 Å². The number of carbonyl (C=O) groups is 1. The summed E-state index contributed by atoms with van der Waals surface area (Å²) in [4.78, 5) is 21.8. The van der Waals surface area contributed by atoms with Crippen LogP contribution in [0, 0.1) is 4.91 Å². The first-order valence-corrected chi connectivity index (χ1v) is 6.01. The monoisotopic (exact) mass is 269 g/mol. The maximum atomic E-state index is 11.4. The predicted molar refractivity (Wildman–Crippen MR) is 65.8 cm³/mol. The van der Waals surface area contributed by atoms with Gasteiger partial charge in [-0.3, -0.25) is 0 Å². The normalized spacial score (nSPS) is 14.0. The van der Waals surface area contributed by atoms with Gasteiger partial charge in [0, 0.05) is 17.3 Å². The molecule has 2 unspecified atom stereocenters. The number of nitroso groups, excluding NO2 is 1. The van der Waals surface area contributed by atoms with Crippen LogP contribution < -0.4 is 5.32 Å². The summed E-state index contributed by atoms with van der Waals surface area (Å²) in [5.74, 6) is 0. The fourth-order valence-corrected chi connectivity index (χ4v) is 1.16. The van der Waals surface area contributed by atoms with E-state index in [1.807, 2.05) is 6.92 Å². The summed E-state index contributed by atoms with van der Waals surface area (Å²) >= 11 is 11.4. The molecule has 0 saturated heterocycles. The molecule has 0 aliphatic carbocycles. The minimum absolute atomic E-state index is 0.0131. The average Bonchev–Trinajstić information content (AvgIpc) is 2.17. The van der Waals surface area contributed by atoms with E-state index in [0.29, 0.717) is 19.4 Å². The molecular formula is C9H17Cl2N3O2. The van der Waals surface area contributed by atoms with Gasteiger partial charge in [-0.1, -0.05) is 0 Å². The largest absolute Gasteiger partial charge is 0.340 e. The number of hydrogen-bond acceptors (Lipinski definition) is 3. The molecule has 0 aromatic heterocycles. The average molecular weight is 270 g/mol. The molecule has 0 bridgehead atoms. The number of alkyl halides is 2. The first-order chi connectivity index (χ1) is 7.47. The number of urea groups is 1. The number of rotatable bonds is 7. The number of nitrogens with zero attached hydrogens (tertiary/aromatic N) is 2. The highest BCUT2D eigenvalue weighted by Crippen LogP contribution is 2.03. The van der Waals surface area contributed by atoms with Crippen LogP contribution in [0.15, 0.2) is 5.29 Å². The van der Waals surface area contributed by atoms with Gasteiger partial charge in [0.05, 0.1) is 11.8 Å². The molecule has 0 spiro atoms. The van der Waals surface area contributed by atoms with Crippen molar-refractivity contribution in [1.29, 1.82) is 0 Å². The zero-order valence-corrected chi connectivity index (χ0v) is 11.0. The van der Waals surface area contributed by atoms with Crippen LogP contribution >= 0.6 is 23.2 Å². The third-order valence-electron chi connectivity index (χ3n) is 1.89. The lowest BCUT2D eigenvalue weighted by Gasteiger charge is -2.15. The molecule has 5 nitrogen and oxygen atoms in total. The number of carbonyl (C=O) groups excluding carboxylic acids is 1. The van der Waals surface area contributed by atoms with Crippen molar-refractivity contribution in [2.45, 2.75) is 37.4 Å². The smallest absolute Gasteiger partial charge is 0.336 e. The molecule has 0 aromatic rings. The Bertz CT molecular complexity index is 225. The van der Waals surface area contributed by atoms with Gasteiger partial charge in [-0.05, 0) is 26.7 Å². The highest BCUT2D eigenvalue weighted by molar-refractivity contribution is 6.20. The van der Waals surface area contributed by atoms with Gasteiger partial charge in [-0.2, -0.15) is 5.01 Å². The van der Waals surface area contributed by atoms with Crippen LogP contribution in [0.5, 0.6) is 0 Å². The molecule has 0 radical (unpaired) electrons. The molecule has 94 valence electrons. The molecule has 0 aliphatic rings. The molecule has 0 fully saturated rings. The van der Waals surface area contributed by atoms with Gasteiger partial charge in [0.15, 0.2) is 0 Å². The highest BCUT2D eigenvalue weighted by Gasteiger charge is 2.14. The van der Waals surface area contributed by atoms with Crippen molar-refractivity contribution in [1.82, 2.24) is 10.3 Å². The second-order valence-corrected chi connectivity index (χ2v) is 5.07. The minimum atomic E-state index is -0.510. The van der Waals surface area contributed by atoms with Crippen molar-refractivity contribution in [3.63, 3.8) is 0 Å². The summed E-state index contributed by atoms with van der Waals surface area (Å²) in [6, 6.07) is -0.510. The fourth-order valence-electron chi connectivity index (χ4n) is 0.949. The zero-order chi connectivity index (χ0) is 12.6. The molecule has 2 amide bonds. The molecular weight excluding hydrogens is 253 g/mol. The summed E-state index contributed by atoms with van der Waals surface area (Å²) in [7, 11) is 0. The van der Waals surface area contributed by atoms with Crippen LogP contribution in [0.25, 0.3) is 0 Å². The van der Waals surface area contributed by atoms with Crippen molar-refractivity contribution in [3.8, 4) is 0 Å². The maximum Gasteiger partial charge on any atom is 0.340 e.